The molecule has 2 heteroatoms. The number of amidine groups is 1. The summed E-state index contributed by atoms with van der Waals surface area (Å²) in [6, 6.07) is 8.47. The van der Waals surface area contributed by atoms with Gasteiger partial charge in [-0.05, 0) is 30.9 Å². The average Bonchev–Trinajstić information content (AvgIpc) is 2.97. The number of para-hydroxylation sites is 1. The number of nitrogens with one attached hydrogen (secondary N) is 1. The molecule has 0 amide bonds. The van der Waals surface area contributed by atoms with Gasteiger partial charge in [-0.1, -0.05) is 18.2 Å². The molecule has 3 rings (SSSR count). The van der Waals surface area contributed by atoms with Crippen molar-refractivity contribution in [3.8, 4) is 0 Å². The second kappa shape index (κ2) is 2.84. The summed E-state index contributed by atoms with van der Waals surface area (Å²) < 4.78 is 0. The lowest BCUT2D eigenvalue weighted by Gasteiger charge is -2.19. The molecule has 0 radical (unpaired) electrons. The summed E-state index contributed by atoms with van der Waals surface area (Å²) in [4.78, 5) is 2.19. The zero-order chi connectivity index (χ0) is 9.54. The van der Waals surface area contributed by atoms with Crippen LogP contribution in [0, 0.1) is 11.3 Å². The summed E-state index contributed by atoms with van der Waals surface area (Å²) in [6.07, 6.45) is 3.54. The molecule has 0 atom stereocenters. The number of anilines is 1. The van der Waals surface area contributed by atoms with Crippen molar-refractivity contribution in [3.63, 3.8) is 0 Å². The van der Waals surface area contributed by atoms with Crippen LogP contribution in [0.3, 0.4) is 0 Å². The van der Waals surface area contributed by atoms with E-state index in [2.05, 4.69) is 29.2 Å². The van der Waals surface area contributed by atoms with Crippen LogP contribution in [0.15, 0.2) is 24.3 Å². The maximum absolute atomic E-state index is 8.06. The first-order valence-corrected chi connectivity index (χ1v) is 5.30. The van der Waals surface area contributed by atoms with E-state index < -0.39 is 0 Å². The number of rotatable bonds is 1. The minimum atomic E-state index is 0.557. The molecule has 0 unspecified atom stereocenters. The van der Waals surface area contributed by atoms with Crippen molar-refractivity contribution < 1.29 is 0 Å². The van der Waals surface area contributed by atoms with Crippen LogP contribution in [0.5, 0.6) is 0 Å². The van der Waals surface area contributed by atoms with Crippen LogP contribution in [-0.4, -0.2) is 12.4 Å². The predicted octanol–water partition coefficient (Wildman–Crippen LogP) is 2.44. The molecule has 1 aliphatic carbocycles. The molecule has 1 fully saturated rings. The Morgan fingerprint density at radius 3 is 2.86 bits per heavy atom. The highest BCUT2D eigenvalue weighted by Gasteiger charge is 2.33. The predicted molar refractivity (Wildman–Crippen MR) is 57.9 cm³/mol. The van der Waals surface area contributed by atoms with E-state index in [1.54, 1.807) is 0 Å². The Hall–Kier alpha value is -1.31. The highest BCUT2D eigenvalue weighted by atomic mass is 15.2. The average molecular weight is 186 g/mol. The van der Waals surface area contributed by atoms with E-state index in [9.17, 15) is 0 Å². The standard InChI is InChI=1S/C12H14N2/c13-12(10-5-6-10)14-8-7-9-3-1-2-4-11(9)14/h1-4,10,13H,5-8H2. The lowest BCUT2D eigenvalue weighted by Crippen LogP contribution is -2.29. The fourth-order valence-corrected chi connectivity index (χ4v) is 2.17. The van der Waals surface area contributed by atoms with Crippen molar-refractivity contribution in [2.24, 2.45) is 5.92 Å². The molecule has 2 nitrogen and oxygen atoms in total. The van der Waals surface area contributed by atoms with Gasteiger partial charge in [0.1, 0.15) is 5.84 Å². The van der Waals surface area contributed by atoms with E-state index in [0.717, 1.165) is 18.8 Å². The number of benzene rings is 1. The summed E-state index contributed by atoms with van der Waals surface area (Å²) in [5, 5.41) is 8.06. The SMILES string of the molecule is N=C(C1CC1)N1CCc2ccccc21. The molecule has 1 aromatic rings. The van der Waals surface area contributed by atoms with Gasteiger partial charge < -0.3 is 4.90 Å². The quantitative estimate of drug-likeness (QED) is 0.529. The molecule has 14 heavy (non-hydrogen) atoms. The lowest BCUT2D eigenvalue weighted by atomic mass is 10.2. The van der Waals surface area contributed by atoms with Crippen LogP contribution < -0.4 is 4.90 Å². The Morgan fingerprint density at radius 2 is 2.07 bits per heavy atom. The van der Waals surface area contributed by atoms with Crippen LogP contribution in [0.2, 0.25) is 0 Å². The first-order chi connectivity index (χ1) is 6.86. The first-order valence-electron chi connectivity index (χ1n) is 5.30. The highest BCUT2D eigenvalue weighted by molar-refractivity contribution is 6.00. The Kier molecular flexibility index (Phi) is 1.63. The van der Waals surface area contributed by atoms with Gasteiger partial charge in [0.2, 0.25) is 0 Å². The van der Waals surface area contributed by atoms with Crippen LogP contribution in [0.1, 0.15) is 18.4 Å². The van der Waals surface area contributed by atoms with Gasteiger partial charge in [0.25, 0.3) is 0 Å². The van der Waals surface area contributed by atoms with Gasteiger partial charge in [-0.3, -0.25) is 5.41 Å². The largest absolute Gasteiger partial charge is 0.330 e. The number of fused-ring (bicyclic) bond motifs is 1. The van der Waals surface area contributed by atoms with Gasteiger partial charge >= 0.3 is 0 Å². The Labute approximate surface area is 84.1 Å². The smallest absolute Gasteiger partial charge is 0.103 e. The highest BCUT2D eigenvalue weighted by Crippen LogP contribution is 2.36. The van der Waals surface area contributed by atoms with Crippen molar-refractivity contribution in [2.45, 2.75) is 19.3 Å². The lowest BCUT2D eigenvalue weighted by molar-refractivity contribution is 0.968. The van der Waals surface area contributed by atoms with Crippen molar-refractivity contribution >= 4 is 11.5 Å². The molecule has 0 saturated heterocycles. The maximum atomic E-state index is 8.06. The molecular formula is C12H14N2. The summed E-state index contributed by atoms with van der Waals surface area (Å²) in [7, 11) is 0. The second-order valence-corrected chi connectivity index (χ2v) is 4.19. The number of hydrogen-bond acceptors (Lipinski definition) is 1. The normalized spacial score (nSPS) is 19.6. The molecule has 0 aromatic heterocycles. The van der Waals surface area contributed by atoms with Crippen LogP contribution >= 0.6 is 0 Å². The topological polar surface area (TPSA) is 27.1 Å². The number of hydrogen-bond donors (Lipinski definition) is 1. The minimum absolute atomic E-state index is 0.557. The Bertz CT molecular complexity index is 380. The van der Waals surface area contributed by atoms with E-state index in [1.165, 1.54) is 24.1 Å². The monoisotopic (exact) mass is 186 g/mol. The molecule has 0 spiro atoms. The fourth-order valence-electron chi connectivity index (χ4n) is 2.17. The maximum Gasteiger partial charge on any atom is 0.103 e. The van der Waals surface area contributed by atoms with Crippen LogP contribution in [-0.2, 0) is 6.42 Å². The summed E-state index contributed by atoms with van der Waals surface area (Å²) in [6.45, 7) is 1.01. The van der Waals surface area contributed by atoms with Crippen LogP contribution in [0.4, 0.5) is 5.69 Å². The van der Waals surface area contributed by atoms with Gasteiger partial charge in [-0.15, -0.1) is 0 Å². The minimum Gasteiger partial charge on any atom is -0.330 e. The van der Waals surface area contributed by atoms with Crippen LogP contribution in [0.25, 0.3) is 0 Å². The van der Waals surface area contributed by atoms with E-state index in [-0.39, 0.29) is 0 Å². The molecule has 1 saturated carbocycles. The third kappa shape index (κ3) is 1.14. The van der Waals surface area contributed by atoms with Gasteiger partial charge in [0.05, 0.1) is 0 Å². The number of nitrogens with zero attached hydrogens (tertiary/aromatic N) is 1. The molecule has 0 bridgehead atoms. The Morgan fingerprint density at radius 1 is 1.29 bits per heavy atom. The molecule has 1 heterocycles. The van der Waals surface area contributed by atoms with Crippen molar-refractivity contribution in [2.75, 3.05) is 11.4 Å². The first kappa shape index (κ1) is 8.04. The van der Waals surface area contributed by atoms with Gasteiger partial charge in [0.15, 0.2) is 0 Å². The third-order valence-corrected chi connectivity index (χ3v) is 3.14. The second-order valence-electron chi connectivity index (χ2n) is 4.19. The van der Waals surface area contributed by atoms with Crippen molar-refractivity contribution in [1.29, 1.82) is 5.41 Å². The fraction of sp³-hybridized carbons (Fsp3) is 0.417. The van der Waals surface area contributed by atoms with Gasteiger partial charge in [-0.25, -0.2) is 0 Å². The molecular weight excluding hydrogens is 172 g/mol. The molecule has 1 N–H and O–H groups in total. The third-order valence-electron chi connectivity index (χ3n) is 3.14. The summed E-state index contributed by atoms with van der Waals surface area (Å²) in [5.41, 5.74) is 2.67. The molecule has 2 aliphatic rings. The zero-order valence-electron chi connectivity index (χ0n) is 8.16. The summed E-state index contributed by atoms with van der Waals surface area (Å²) in [5.74, 6) is 1.40. The van der Waals surface area contributed by atoms with E-state index >= 15 is 0 Å². The Balaban J connectivity index is 1.93. The van der Waals surface area contributed by atoms with Crippen molar-refractivity contribution in [1.82, 2.24) is 0 Å². The van der Waals surface area contributed by atoms with Crippen molar-refractivity contribution in [3.05, 3.63) is 29.8 Å². The molecule has 1 aliphatic heterocycles. The van der Waals surface area contributed by atoms with Gasteiger partial charge in [0, 0.05) is 18.2 Å². The van der Waals surface area contributed by atoms with E-state index in [0.29, 0.717) is 5.92 Å². The molecule has 1 aromatic carbocycles. The summed E-state index contributed by atoms with van der Waals surface area (Å²) >= 11 is 0. The zero-order valence-corrected chi connectivity index (χ0v) is 8.16. The van der Waals surface area contributed by atoms with E-state index in [4.69, 9.17) is 5.41 Å². The van der Waals surface area contributed by atoms with E-state index in [1.807, 2.05) is 0 Å². The van der Waals surface area contributed by atoms with Gasteiger partial charge in [-0.2, -0.15) is 0 Å². The molecule has 72 valence electrons.